The van der Waals surface area contributed by atoms with Crippen molar-refractivity contribution in [1.29, 1.82) is 0 Å². The van der Waals surface area contributed by atoms with Crippen molar-refractivity contribution in [3.05, 3.63) is 40.4 Å². The van der Waals surface area contributed by atoms with Crippen LogP contribution in [0.5, 0.6) is 0 Å². The summed E-state index contributed by atoms with van der Waals surface area (Å²) in [7, 11) is 0. The SMILES string of the molecule is CCCCn1cnc2ccc(C)cc2c1=O. The first-order valence-corrected chi connectivity index (χ1v) is 5.68. The van der Waals surface area contributed by atoms with E-state index in [4.69, 9.17) is 0 Å². The molecule has 84 valence electrons. The average molecular weight is 216 g/mol. The van der Waals surface area contributed by atoms with Crippen LogP contribution in [0.4, 0.5) is 0 Å². The van der Waals surface area contributed by atoms with E-state index >= 15 is 0 Å². The van der Waals surface area contributed by atoms with Crippen molar-refractivity contribution in [2.45, 2.75) is 33.2 Å². The van der Waals surface area contributed by atoms with Crippen molar-refractivity contribution >= 4 is 10.9 Å². The summed E-state index contributed by atoms with van der Waals surface area (Å²) in [5.74, 6) is 0. The Bertz CT molecular complexity index is 557. The molecule has 0 saturated carbocycles. The maximum atomic E-state index is 12.1. The van der Waals surface area contributed by atoms with E-state index in [0.29, 0.717) is 0 Å². The second-order valence-electron chi connectivity index (χ2n) is 4.12. The highest BCUT2D eigenvalue weighted by atomic mass is 16.1. The molecule has 16 heavy (non-hydrogen) atoms. The summed E-state index contributed by atoms with van der Waals surface area (Å²) >= 11 is 0. The van der Waals surface area contributed by atoms with Gasteiger partial charge in [0.2, 0.25) is 0 Å². The molecule has 0 N–H and O–H groups in total. The van der Waals surface area contributed by atoms with Gasteiger partial charge in [0, 0.05) is 6.54 Å². The first-order chi connectivity index (χ1) is 7.72. The number of fused-ring (bicyclic) bond motifs is 1. The lowest BCUT2D eigenvalue weighted by Crippen LogP contribution is -2.20. The van der Waals surface area contributed by atoms with Gasteiger partial charge < -0.3 is 0 Å². The van der Waals surface area contributed by atoms with Crippen molar-refractivity contribution in [3.63, 3.8) is 0 Å². The van der Waals surface area contributed by atoms with Gasteiger partial charge in [-0.15, -0.1) is 0 Å². The van der Waals surface area contributed by atoms with Gasteiger partial charge in [0.15, 0.2) is 0 Å². The number of benzene rings is 1. The van der Waals surface area contributed by atoms with E-state index in [2.05, 4.69) is 11.9 Å². The molecule has 0 amide bonds. The van der Waals surface area contributed by atoms with Crippen molar-refractivity contribution < 1.29 is 0 Å². The van der Waals surface area contributed by atoms with Crippen LogP contribution in [0, 0.1) is 6.92 Å². The predicted molar refractivity (Wildman–Crippen MR) is 65.6 cm³/mol. The first kappa shape index (κ1) is 10.9. The summed E-state index contributed by atoms with van der Waals surface area (Å²) in [6, 6.07) is 5.79. The molecule has 0 bridgehead atoms. The minimum atomic E-state index is 0.0714. The van der Waals surface area contributed by atoms with Gasteiger partial charge in [0.25, 0.3) is 5.56 Å². The van der Waals surface area contributed by atoms with Crippen LogP contribution in [0.1, 0.15) is 25.3 Å². The number of nitrogens with zero attached hydrogens (tertiary/aromatic N) is 2. The molecule has 0 fully saturated rings. The third kappa shape index (κ3) is 1.98. The molecule has 1 heterocycles. The van der Waals surface area contributed by atoms with Crippen molar-refractivity contribution in [1.82, 2.24) is 9.55 Å². The number of hydrogen-bond donors (Lipinski definition) is 0. The zero-order chi connectivity index (χ0) is 11.5. The Morgan fingerprint density at radius 3 is 2.94 bits per heavy atom. The summed E-state index contributed by atoms with van der Waals surface area (Å²) in [5.41, 5.74) is 1.95. The minimum absolute atomic E-state index is 0.0714. The Hall–Kier alpha value is -1.64. The summed E-state index contributed by atoms with van der Waals surface area (Å²) in [6.07, 6.45) is 3.74. The van der Waals surface area contributed by atoms with Gasteiger partial charge in [0.1, 0.15) is 0 Å². The highest BCUT2D eigenvalue weighted by molar-refractivity contribution is 5.77. The Morgan fingerprint density at radius 1 is 1.38 bits per heavy atom. The molecule has 0 aliphatic heterocycles. The minimum Gasteiger partial charge on any atom is -0.299 e. The standard InChI is InChI=1S/C13H16N2O/c1-3-4-7-15-9-14-12-6-5-10(2)8-11(12)13(15)16/h5-6,8-9H,3-4,7H2,1-2H3. The molecule has 0 aliphatic carbocycles. The Morgan fingerprint density at radius 2 is 2.19 bits per heavy atom. The Balaban J connectivity index is 2.55. The van der Waals surface area contributed by atoms with Crippen LogP contribution in [-0.2, 0) is 6.54 Å². The van der Waals surface area contributed by atoms with Crippen molar-refractivity contribution in [3.8, 4) is 0 Å². The monoisotopic (exact) mass is 216 g/mol. The third-order valence-electron chi connectivity index (χ3n) is 2.73. The van der Waals surface area contributed by atoms with Gasteiger partial charge in [-0.25, -0.2) is 4.98 Å². The molecule has 0 aliphatic rings. The molecule has 0 saturated heterocycles. The maximum Gasteiger partial charge on any atom is 0.261 e. The second-order valence-corrected chi connectivity index (χ2v) is 4.12. The molecule has 1 aromatic carbocycles. The molecule has 1 aromatic heterocycles. The number of unbranched alkanes of at least 4 members (excludes halogenated alkanes) is 1. The fourth-order valence-corrected chi connectivity index (χ4v) is 1.76. The molecule has 0 radical (unpaired) electrons. The molecule has 0 spiro atoms. The van der Waals surface area contributed by atoms with Crippen LogP contribution >= 0.6 is 0 Å². The van der Waals surface area contributed by atoms with E-state index in [0.717, 1.165) is 35.9 Å². The average Bonchev–Trinajstić information content (AvgIpc) is 2.29. The van der Waals surface area contributed by atoms with Crippen LogP contribution in [0.3, 0.4) is 0 Å². The molecule has 0 unspecified atom stereocenters. The van der Waals surface area contributed by atoms with E-state index in [1.165, 1.54) is 0 Å². The molecule has 2 rings (SSSR count). The number of hydrogen-bond acceptors (Lipinski definition) is 2. The van der Waals surface area contributed by atoms with Gasteiger partial charge in [-0.05, 0) is 25.5 Å². The zero-order valence-electron chi connectivity index (χ0n) is 9.73. The number of rotatable bonds is 3. The van der Waals surface area contributed by atoms with E-state index < -0.39 is 0 Å². The normalized spacial score (nSPS) is 10.9. The summed E-state index contributed by atoms with van der Waals surface area (Å²) in [6.45, 7) is 4.86. The molecule has 3 heteroatoms. The smallest absolute Gasteiger partial charge is 0.261 e. The van der Waals surface area contributed by atoms with Crippen LogP contribution < -0.4 is 5.56 Å². The van der Waals surface area contributed by atoms with Gasteiger partial charge in [0.05, 0.1) is 17.2 Å². The Kier molecular flexibility index (Phi) is 3.04. The summed E-state index contributed by atoms with van der Waals surface area (Å²) in [5, 5.41) is 0.721. The van der Waals surface area contributed by atoms with E-state index in [-0.39, 0.29) is 5.56 Å². The molecule has 3 nitrogen and oxygen atoms in total. The highest BCUT2D eigenvalue weighted by Gasteiger charge is 2.03. The summed E-state index contributed by atoms with van der Waals surface area (Å²) < 4.78 is 1.70. The van der Waals surface area contributed by atoms with E-state index in [1.54, 1.807) is 10.9 Å². The van der Waals surface area contributed by atoms with Gasteiger partial charge in [-0.3, -0.25) is 9.36 Å². The molecular formula is C13H16N2O. The fraction of sp³-hybridized carbons (Fsp3) is 0.385. The second kappa shape index (κ2) is 4.47. The van der Waals surface area contributed by atoms with Crippen LogP contribution in [0.15, 0.2) is 29.3 Å². The van der Waals surface area contributed by atoms with Crippen molar-refractivity contribution in [2.24, 2.45) is 0 Å². The maximum absolute atomic E-state index is 12.1. The lowest BCUT2D eigenvalue weighted by atomic mass is 10.2. The van der Waals surface area contributed by atoms with Crippen LogP contribution in [-0.4, -0.2) is 9.55 Å². The van der Waals surface area contributed by atoms with Gasteiger partial charge >= 0.3 is 0 Å². The topological polar surface area (TPSA) is 34.9 Å². The van der Waals surface area contributed by atoms with Crippen LogP contribution in [0.2, 0.25) is 0 Å². The van der Waals surface area contributed by atoms with Crippen molar-refractivity contribution in [2.75, 3.05) is 0 Å². The van der Waals surface area contributed by atoms with E-state index in [1.807, 2.05) is 25.1 Å². The molecule has 0 atom stereocenters. The number of aryl methyl sites for hydroxylation is 2. The molecule has 2 aromatic rings. The van der Waals surface area contributed by atoms with Gasteiger partial charge in [-0.1, -0.05) is 25.0 Å². The summed E-state index contributed by atoms with van der Waals surface area (Å²) in [4.78, 5) is 16.4. The third-order valence-corrected chi connectivity index (χ3v) is 2.73. The largest absolute Gasteiger partial charge is 0.299 e. The predicted octanol–water partition coefficient (Wildman–Crippen LogP) is 2.51. The lowest BCUT2D eigenvalue weighted by molar-refractivity contribution is 0.608. The Labute approximate surface area is 94.7 Å². The first-order valence-electron chi connectivity index (χ1n) is 5.68. The highest BCUT2D eigenvalue weighted by Crippen LogP contribution is 2.08. The van der Waals surface area contributed by atoms with Crippen LogP contribution in [0.25, 0.3) is 10.9 Å². The van der Waals surface area contributed by atoms with E-state index in [9.17, 15) is 4.79 Å². The van der Waals surface area contributed by atoms with Gasteiger partial charge in [-0.2, -0.15) is 0 Å². The molecular weight excluding hydrogens is 200 g/mol. The fourth-order valence-electron chi connectivity index (χ4n) is 1.76. The number of aromatic nitrogens is 2. The lowest BCUT2D eigenvalue weighted by Gasteiger charge is -2.05. The quantitative estimate of drug-likeness (QED) is 0.790. The zero-order valence-corrected chi connectivity index (χ0v) is 9.73.